The van der Waals surface area contributed by atoms with Crippen molar-refractivity contribution in [1.29, 1.82) is 5.26 Å². The minimum Gasteiger partial charge on any atom is -0.258 e. The first-order chi connectivity index (χ1) is 9.19. The number of nitro benzene ring substituents is 1. The fourth-order valence-electron chi connectivity index (χ4n) is 1.50. The van der Waals surface area contributed by atoms with E-state index < -0.39 is 21.0 Å². The first-order valence-electron chi connectivity index (χ1n) is 5.53. The predicted octanol–water partition coefficient (Wildman–Crippen LogP) is 2.14. The summed E-state index contributed by atoms with van der Waals surface area (Å²) in [5.74, 6) is 0. The van der Waals surface area contributed by atoms with Crippen LogP contribution in [0.1, 0.15) is 18.9 Å². The van der Waals surface area contributed by atoms with Crippen LogP contribution in [0, 0.1) is 28.4 Å². The van der Waals surface area contributed by atoms with E-state index in [2.05, 4.69) is 4.72 Å². The zero-order chi connectivity index (χ0) is 15.5. The van der Waals surface area contributed by atoms with Crippen LogP contribution in [0.4, 0.5) is 5.69 Å². The van der Waals surface area contributed by atoms with Gasteiger partial charge in [0.2, 0.25) is 10.0 Å². The van der Waals surface area contributed by atoms with Gasteiger partial charge in [0, 0.05) is 17.7 Å². The monoisotopic (exact) mass is 317 g/mol. The molecule has 7 nitrogen and oxygen atoms in total. The summed E-state index contributed by atoms with van der Waals surface area (Å²) >= 11 is 5.82. The summed E-state index contributed by atoms with van der Waals surface area (Å²) in [4.78, 5) is 9.87. The van der Waals surface area contributed by atoms with Crippen molar-refractivity contribution in [2.45, 2.75) is 31.2 Å². The molecule has 9 heteroatoms. The summed E-state index contributed by atoms with van der Waals surface area (Å²) in [6, 6.07) is 3.31. The van der Waals surface area contributed by atoms with Crippen molar-refractivity contribution >= 4 is 27.3 Å². The average molecular weight is 318 g/mol. The Morgan fingerprint density at radius 1 is 1.55 bits per heavy atom. The Bertz CT molecular complexity index is 682. The molecule has 1 unspecified atom stereocenters. The molecule has 1 rings (SSSR count). The molecular weight excluding hydrogens is 306 g/mol. The van der Waals surface area contributed by atoms with Gasteiger partial charge in [0.25, 0.3) is 5.69 Å². The molecule has 0 saturated carbocycles. The molecule has 1 aromatic rings. The molecule has 1 atom stereocenters. The minimum absolute atomic E-state index is 0.00693. The third-order valence-electron chi connectivity index (χ3n) is 2.55. The van der Waals surface area contributed by atoms with E-state index in [1.54, 1.807) is 0 Å². The van der Waals surface area contributed by atoms with Crippen LogP contribution in [0.15, 0.2) is 17.0 Å². The van der Waals surface area contributed by atoms with Gasteiger partial charge in [0.1, 0.15) is 0 Å². The van der Waals surface area contributed by atoms with Gasteiger partial charge in [-0.1, -0.05) is 11.6 Å². The van der Waals surface area contributed by atoms with Crippen molar-refractivity contribution in [3.63, 3.8) is 0 Å². The second kappa shape index (κ2) is 6.17. The Hall–Kier alpha value is -1.69. The zero-order valence-electron chi connectivity index (χ0n) is 10.8. The van der Waals surface area contributed by atoms with E-state index in [1.807, 2.05) is 6.07 Å². The zero-order valence-corrected chi connectivity index (χ0v) is 12.3. The molecule has 0 aliphatic carbocycles. The highest BCUT2D eigenvalue weighted by Crippen LogP contribution is 2.29. The Morgan fingerprint density at radius 3 is 2.65 bits per heavy atom. The highest BCUT2D eigenvalue weighted by atomic mass is 35.5. The number of halogens is 1. The van der Waals surface area contributed by atoms with Gasteiger partial charge < -0.3 is 0 Å². The second-order valence-electron chi connectivity index (χ2n) is 4.19. The number of benzene rings is 1. The van der Waals surface area contributed by atoms with E-state index in [0.717, 1.165) is 12.1 Å². The number of hydrogen-bond acceptors (Lipinski definition) is 5. The molecule has 0 fully saturated rings. The van der Waals surface area contributed by atoms with Crippen LogP contribution in [0.3, 0.4) is 0 Å². The molecule has 0 heterocycles. The van der Waals surface area contributed by atoms with E-state index in [9.17, 15) is 18.5 Å². The van der Waals surface area contributed by atoms with Gasteiger partial charge in [-0.3, -0.25) is 10.1 Å². The average Bonchev–Trinajstić information content (AvgIpc) is 2.31. The molecule has 0 aromatic heterocycles. The Balaban J connectivity index is 3.27. The van der Waals surface area contributed by atoms with Crippen molar-refractivity contribution < 1.29 is 13.3 Å². The van der Waals surface area contributed by atoms with Gasteiger partial charge in [-0.25, -0.2) is 13.1 Å². The highest BCUT2D eigenvalue weighted by molar-refractivity contribution is 7.89. The number of nitrogens with zero attached hydrogens (tertiary/aromatic N) is 2. The SMILES string of the molecule is Cc1c(Cl)cc(S(=O)(=O)NC(C)CC#N)cc1[N+](=O)[O-]. The molecule has 1 aromatic carbocycles. The summed E-state index contributed by atoms with van der Waals surface area (Å²) in [6.45, 7) is 2.95. The lowest BCUT2D eigenvalue weighted by Gasteiger charge is -2.12. The van der Waals surface area contributed by atoms with Gasteiger partial charge in [0.15, 0.2) is 0 Å². The third kappa shape index (κ3) is 3.66. The van der Waals surface area contributed by atoms with Crippen LogP contribution < -0.4 is 4.72 Å². The van der Waals surface area contributed by atoms with E-state index in [-0.39, 0.29) is 27.6 Å². The van der Waals surface area contributed by atoms with Gasteiger partial charge in [-0.15, -0.1) is 0 Å². The van der Waals surface area contributed by atoms with Crippen LogP contribution in [0.2, 0.25) is 5.02 Å². The van der Waals surface area contributed by atoms with E-state index >= 15 is 0 Å². The molecule has 0 spiro atoms. The summed E-state index contributed by atoms with van der Waals surface area (Å²) in [6.07, 6.45) is -0.0130. The van der Waals surface area contributed by atoms with E-state index in [1.165, 1.54) is 13.8 Å². The van der Waals surface area contributed by atoms with Crippen LogP contribution >= 0.6 is 11.6 Å². The minimum atomic E-state index is -3.97. The number of nitriles is 1. The van der Waals surface area contributed by atoms with Gasteiger partial charge in [0.05, 0.1) is 27.3 Å². The van der Waals surface area contributed by atoms with Crippen molar-refractivity contribution in [3.05, 3.63) is 32.8 Å². The smallest absolute Gasteiger partial charge is 0.258 e. The summed E-state index contributed by atoms with van der Waals surface area (Å²) < 4.78 is 26.4. The Kier molecular flexibility index (Phi) is 5.05. The van der Waals surface area contributed by atoms with Gasteiger partial charge >= 0.3 is 0 Å². The molecule has 0 aliphatic rings. The Labute approximate surface area is 121 Å². The van der Waals surface area contributed by atoms with Crippen LogP contribution in [0.5, 0.6) is 0 Å². The molecule has 20 heavy (non-hydrogen) atoms. The molecular formula is C11H12ClN3O4S. The maximum atomic E-state index is 12.1. The number of sulfonamides is 1. The normalized spacial score (nSPS) is 12.7. The molecule has 0 bridgehead atoms. The molecule has 0 saturated heterocycles. The standard InChI is InChI=1S/C11H12ClN3O4S/c1-7(3-4-13)14-20(18,19)9-5-10(12)8(2)11(6-9)15(16)17/h5-7,14H,3H2,1-2H3. The number of rotatable bonds is 5. The molecule has 1 N–H and O–H groups in total. The van der Waals surface area contributed by atoms with Crippen molar-refractivity contribution in [2.24, 2.45) is 0 Å². The van der Waals surface area contributed by atoms with E-state index in [0.29, 0.717) is 0 Å². The molecule has 0 radical (unpaired) electrons. The lowest BCUT2D eigenvalue weighted by molar-refractivity contribution is -0.385. The molecule has 0 aliphatic heterocycles. The lowest BCUT2D eigenvalue weighted by Crippen LogP contribution is -2.32. The number of nitrogens with one attached hydrogen (secondary N) is 1. The van der Waals surface area contributed by atoms with E-state index in [4.69, 9.17) is 16.9 Å². The van der Waals surface area contributed by atoms with Crippen molar-refractivity contribution in [2.75, 3.05) is 0 Å². The van der Waals surface area contributed by atoms with Gasteiger partial charge in [-0.05, 0) is 19.9 Å². The maximum Gasteiger partial charge on any atom is 0.275 e. The van der Waals surface area contributed by atoms with Gasteiger partial charge in [-0.2, -0.15) is 5.26 Å². The molecule has 108 valence electrons. The fraction of sp³-hybridized carbons (Fsp3) is 0.364. The first kappa shape index (κ1) is 16.4. The molecule has 0 amide bonds. The fourth-order valence-corrected chi connectivity index (χ4v) is 3.06. The Morgan fingerprint density at radius 2 is 2.15 bits per heavy atom. The second-order valence-corrected chi connectivity index (χ2v) is 6.31. The third-order valence-corrected chi connectivity index (χ3v) is 4.51. The van der Waals surface area contributed by atoms with Crippen LogP contribution in [0.25, 0.3) is 0 Å². The first-order valence-corrected chi connectivity index (χ1v) is 7.39. The predicted molar refractivity (Wildman–Crippen MR) is 72.9 cm³/mol. The lowest BCUT2D eigenvalue weighted by atomic mass is 10.2. The highest BCUT2D eigenvalue weighted by Gasteiger charge is 2.23. The number of hydrogen-bond donors (Lipinski definition) is 1. The van der Waals surface area contributed by atoms with Crippen molar-refractivity contribution in [3.8, 4) is 6.07 Å². The largest absolute Gasteiger partial charge is 0.275 e. The van der Waals surface area contributed by atoms with Crippen molar-refractivity contribution in [1.82, 2.24) is 4.72 Å². The quantitative estimate of drug-likeness (QED) is 0.660. The number of nitro groups is 1. The maximum absolute atomic E-state index is 12.1. The topological polar surface area (TPSA) is 113 Å². The summed E-state index contributed by atoms with van der Waals surface area (Å²) in [7, 11) is -3.97. The summed E-state index contributed by atoms with van der Waals surface area (Å²) in [5, 5.41) is 19.4. The van der Waals surface area contributed by atoms with Crippen LogP contribution in [-0.4, -0.2) is 19.4 Å². The summed E-state index contributed by atoms with van der Waals surface area (Å²) in [5.41, 5.74) is -0.175. The van der Waals surface area contributed by atoms with Crippen LogP contribution in [-0.2, 0) is 10.0 Å².